The second-order valence-corrected chi connectivity index (χ2v) is 10.6. The van der Waals surface area contributed by atoms with Crippen molar-refractivity contribution in [1.82, 2.24) is 9.99 Å². The summed E-state index contributed by atoms with van der Waals surface area (Å²) >= 11 is 0. The molecule has 0 spiro atoms. The van der Waals surface area contributed by atoms with Gasteiger partial charge in [-0.15, -0.1) is 0 Å². The molecule has 0 bridgehead atoms. The number of nitrogens with one attached hydrogen (secondary N) is 1. The fourth-order valence-electron chi connectivity index (χ4n) is 4.01. The first-order valence-corrected chi connectivity index (χ1v) is 13.1. The van der Waals surface area contributed by atoms with Crippen LogP contribution in [0.15, 0.2) is 88.9 Å². The van der Waals surface area contributed by atoms with E-state index in [-0.39, 0.29) is 16.4 Å². The highest BCUT2D eigenvalue weighted by Gasteiger charge is 2.27. The molecule has 1 amide bonds. The monoisotopic (exact) mass is 536 g/mol. The summed E-state index contributed by atoms with van der Waals surface area (Å²) in [6, 6.07) is 19.0. The van der Waals surface area contributed by atoms with Gasteiger partial charge in [0.2, 0.25) is 0 Å². The maximum absolute atomic E-state index is 13.4. The minimum Gasteiger partial charge on any atom is -0.318 e. The summed E-state index contributed by atoms with van der Waals surface area (Å²) in [5.41, 5.74) is 6.80. The molecule has 1 aromatic heterocycles. The number of nitrogens with zero attached hydrogens (tertiary/aromatic N) is 3. The Morgan fingerprint density at radius 2 is 1.50 bits per heavy atom. The first kappa shape index (κ1) is 26.7. The molecular weight excluding hydrogens is 510 g/mol. The average Bonchev–Trinajstić information content (AvgIpc) is 3.16. The molecule has 38 heavy (non-hydrogen) atoms. The zero-order valence-electron chi connectivity index (χ0n) is 21.0. The summed E-state index contributed by atoms with van der Waals surface area (Å²) in [4.78, 5) is 12.6. The third-order valence-corrected chi connectivity index (χ3v) is 7.75. The number of hydrogen-bond donors (Lipinski definition) is 1. The highest BCUT2D eigenvalue weighted by Crippen LogP contribution is 2.24. The van der Waals surface area contributed by atoms with Gasteiger partial charge < -0.3 is 4.57 Å². The van der Waals surface area contributed by atoms with Crippen molar-refractivity contribution in [3.05, 3.63) is 113 Å². The Bertz CT molecular complexity index is 1580. The molecule has 1 N–H and O–H groups in total. The number of halogens is 2. The summed E-state index contributed by atoms with van der Waals surface area (Å²) in [7, 11) is -4.17. The quantitative estimate of drug-likeness (QED) is 0.253. The molecule has 1 heterocycles. The Balaban J connectivity index is 1.54. The summed E-state index contributed by atoms with van der Waals surface area (Å²) in [6.45, 7) is 5.08. The van der Waals surface area contributed by atoms with Gasteiger partial charge in [-0.05, 0) is 87.5 Å². The topological polar surface area (TPSA) is 83.8 Å². The van der Waals surface area contributed by atoms with E-state index in [2.05, 4.69) is 10.5 Å². The molecule has 0 atom stereocenters. The van der Waals surface area contributed by atoms with Crippen LogP contribution < -0.4 is 9.73 Å². The maximum atomic E-state index is 13.4. The van der Waals surface area contributed by atoms with Crippen molar-refractivity contribution in [1.29, 1.82) is 0 Å². The van der Waals surface area contributed by atoms with Crippen LogP contribution in [0.25, 0.3) is 5.69 Å². The molecule has 4 rings (SSSR count). The highest BCUT2D eigenvalue weighted by atomic mass is 32.2. The van der Waals surface area contributed by atoms with Crippen molar-refractivity contribution in [2.24, 2.45) is 5.10 Å². The van der Waals surface area contributed by atoms with Crippen molar-refractivity contribution < 1.29 is 22.0 Å². The third kappa shape index (κ3) is 5.81. The summed E-state index contributed by atoms with van der Waals surface area (Å²) < 4.78 is 56.3. The number of carbonyl (C=O) groups is 1. The Kier molecular flexibility index (Phi) is 7.72. The molecule has 0 fully saturated rings. The number of anilines is 1. The normalized spacial score (nSPS) is 11.6. The zero-order chi connectivity index (χ0) is 27.4. The lowest BCUT2D eigenvalue weighted by molar-refractivity contribution is -0.119. The van der Waals surface area contributed by atoms with Crippen molar-refractivity contribution >= 4 is 27.8 Å². The lowest BCUT2D eigenvalue weighted by atomic mass is 10.2. The van der Waals surface area contributed by atoms with Gasteiger partial charge in [-0.1, -0.05) is 17.7 Å². The minimum absolute atomic E-state index is 0.149. The van der Waals surface area contributed by atoms with Gasteiger partial charge in [0, 0.05) is 22.6 Å². The van der Waals surface area contributed by atoms with E-state index >= 15 is 0 Å². The number of aromatic nitrogens is 1. The molecule has 0 aliphatic heterocycles. The van der Waals surface area contributed by atoms with E-state index in [0.717, 1.165) is 56.8 Å². The van der Waals surface area contributed by atoms with E-state index in [1.165, 1.54) is 18.3 Å². The SMILES string of the molecule is Cc1ccc(N(CC(=O)N/N=C\c2cc(C)n(-c3ccc(F)cc3)c2C)S(=O)(=O)c2ccc(F)cc2)cc1. The number of hydrogen-bond acceptors (Lipinski definition) is 4. The van der Waals surface area contributed by atoms with E-state index < -0.39 is 28.3 Å². The predicted molar refractivity (Wildman–Crippen MR) is 143 cm³/mol. The molecular formula is C28H26F2N4O3S. The van der Waals surface area contributed by atoms with Crippen molar-refractivity contribution in [3.8, 4) is 5.69 Å². The average molecular weight is 537 g/mol. The van der Waals surface area contributed by atoms with Gasteiger partial charge in [0.15, 0.2) is 0 Å². The molecule has 10 heteroatoms. The van der Waals surface area contributed by atoms with Crippen molar-refractivity contribution in [2.75, 3.05) is 10.8 Å². The van der Waals surface area contributed by atoms with Crippen molar-refractivity contribution in [3.63, 3.8) is 0 Å². The number of benzene rings is 3. The van der Waals surface area contributed by atoms with Crippen LogP contribution in [0, 0.1) is 32.4 Å². The number of rotatable bonds is 8. The van der Waals surface area contributed by atoms with Gasteiger partial charge in [-0.2, -0.15) is 5.10 Å². The number of sulfonamides is 1. The lowest BCUT2D eigenvalue weighted by Crippen LogP contribution is -2.39. The summed E-state index contributed by atoms with van der Waals surface area (Å²) in [6.07, 6.45) is 1.46. The van der Waals surface area contributed by atoms with Crippen LogP contribution in [-0.4, -0.2) is 31.7 Å². The first-order valence-electron chi connectivity index (χ1n) is 11.7. The molecule has 0 unspecified atom stereocenters. The first-order chi connectivity index (χ1) is 18.1. The van der Waals surface area contributed by atoms with Gasteiger partial charge in [0.05, 0.1) is 16.8 Å². The Morgan fingerprint density at radius 1 is 0.921 bits per heavy atom. The van der Waals surface area contributed by atoms with Crippen LogP contribution in [0.2, 0.25) is 0 Å². The molecule has 0 aliphatic carbocycles. The van der Waals surface area contributed by atoms with Crippen LogP contribution in [0.4, 0.5) is 14.5 Å². The Hall–Kier alpha value is -4.31. The highest BCUT2D eigenvalue weighted by molar-refractivity contribution is 7.92. The van der Waals surface area contributed by atoms with Crippen LogP contribution in [-0.2, 0) is 14.8 Å². The lowest BCUT2D eigenvalue weighted by Gasteiger charge is -2.23. The molecule has 4 aromatic rings. The summed E-state index contributed by atoms with van der Waals surface area (Å²) in [5.74, 6) is -1.57. The molecule has 0 saturated carbocycles. The van der Waals surface area contributed by atoms with Gasteiger partial charge in [0.1, 0.15) is 18.2 Å². The van der Waals surface area contributed by atoms with Gasteiger partial charge >= 0.3 is 0 Å². The maximum Gasteiger partial charge on any atom is 0.264 e. The fraction of sp³-hybridized carbons (Fsp3) is 0.143. The summed E-state index contributed by atoms with van der Waals surface area (Å²) in [5, 5.41) is 4.02. The van der Waals surface area contributed by atoms with Crippen LogP contribution in [0.1, 0.15) is 22.5 Å². The van der Waals surface area contributed by atoms with E-state index in [0.29, 0.717) is 0 Å². The van der Waals surface area contributed by atoms with E-state index in [1.54, 1.807) is 36.4 Å². The van der Waals surface area contributed by atoms with Crippen LogP contribution >= 0.6 is 0 Å². The number of aryl methyl sites for hydroxylation is 2. The van der Waals surface area contributed by atoms with E-state index in [1.807, 2.05) is 31.4 Å². The minimum atomic E-state index is -4.17. The van der Waals surface area contributed by atoms with Gasteiger partial charge in [-0.25, -0.2) is 22.6 Å². The Labute approximate surface area is 220 Å². The third-order valence-electron chi connectivity index (χ3n) is 5.96. The molecule has 0 radical (unpaired) electrons. The zero-order valence-corrected chi connectivity index (χ0v) is 21.8. The van der Waals surface area contributed by atoms with Crippen molar-refractivity contribution in [2.45, 2.75) is 25.7 Å². The molecule has 0 saturated heterocycles. The van der Waals surface area contributed by atoms with Crippen LogP contribution in [0.5, 0.6) is 0 Å². The fourth-order valence-corrected chi connectivity index (χ4v) is 5.43. The number of hydrazone groups is 1. The predicted octanol–water partition coefficient (Wildman–Crippen LogP) is 5.03. The molecule has 3 aromatic carbocycles. The number of amides is 1. The molecule has 7 nitrogen and oxygen atoms in total. The second-order valence-electron chi connectivity index (χ2n) is 8.73. The van der Waals surface area contributed by atoms with Gasteiger partial charge in [-0.3, -0.25) is 9.10 Å². The second kappa shape index (κ2) is 11.0. The largest absolute Gasteiger partial charge is 0.318 e. The molecule has 0 aliphatic rings. The van der Waals surface area contributed by atoms with Gasteiger partial charge in [0.25, 0.3) is 15.9 Å². The smallest absolute Gasteiger partial charge is 0.264 e. The van der Waals surface area contributed by atoms with E-state index in [4.69, 9.17) is 0 Å². The standard InChI is InChI=1S/C28H26F2N4O3S/c1-19-4-10-25(11-5-19)33(38(36,37)27-14-8-24(30)9-15-27)18-28(35)32-31-17-22-16-20(2)34(21(22)3)26-12-6-23(29)7-13-26/h4-17H,18H2,1-3H3,(H,32,35)/b31-17-. The number of carbonyl (C=O) groups excluding carboxylic acids is 1. The van der Waals surface area contributed by atoms with Crippen LogP contribution in [0.3, 0.4) is 0 Å². The molecule has 196 valence electrons. The van der Waals surface area contributed by atoms with E-state index in [9.17, 15) is 22.0 Å². The Morgan fingerprint density at radius 3 is 2.11 bits per heavy atom.